The van der Waals surface area contributed by atoms with Gasteiger partial charge in [-0.25, -0.2) is 0 Å². The van der Waals surface area contributed by atoms with Crippen molar-refractivity contribution in [2.24, 2.45) is 0 Å². The molecule has 0 aliphatic heterocycles. The van der Waals surface area contributed by atoms with Gasteiger partial charge in [0.2, 0.25) is 0 Å². The molecule has 0 bridgehead atoms. The molecule has 0 saturated carbocycles. The van der Waals surface area contributed by atoms with Crippen molar-refractivity contribution in [1.29, 1.82) is 0 Å². The first kappa shape index (κ1) is 19.3. The van der Waals surface area contributed by atoms with Crippen LogP contribution in [-0.2, 0) is 16.0 Å². The van der Waals surface area contributed by atoms with Gasteiger partial charge in [-0.2, -0.15) is 0 Å². The number of carbonyl (C=O) groups excluding carboxylic acids is 2. The Labute approximate surface area is 153 Å². The van der Waals surface area contributed by atoms with E-state index in [4.69, 9.17) is 9.47 Å². The van der Waals surface area contributed by atoms with Gasteiger partial charge < -0.3 is 20.1 Å². The minimum Gasteiger partial charge on any atom is -0.497 e. The van der Waals surface area contributed by atoms with Crippen molar-refractivity contribution in [3.05, 3.63) is 54.1 Å². The van der Waals surface area contributed by atoms with Crippen molar-refractivity contribution in [1.82, 2.24) is 5.32 Å². The zero-order valence-corrected chi connectivity index (χ0v) is 15.2. The molecular weight excluding hydrogens is 332 g/mol. The molecule has 0 heterocycles. The van der Waals surface area contributed by atoms with Gasteiger partial charge >= 0.3 is 11.8 Å². The fraction of sp³-hybridized carbons (Fsp3) is 0.300. The molecule has 0 radical (unpaired) electrons. The number of para-hydroxylation sites is 2. The molecule has 0 unspecified atom stereocenters. The van der Waals surface area contributed by atoms with Crippen LogP contribution in [0.5, 0.6) is 11.5 Å². The van der Waals surface area contributed by atoms with Crippen molar-refractivity contribution < 1.29 is 19.1 Å². The largest absolute Gasteiger partial charge is 0.497 e. The Bertz CT molecular complexity index is 759. The molecule has 0 aromatic heterocycles. The summed E-state index contributed by atoms with van der Waals surface area (Å²) in [4.78, 5) is 24.1. The lowest BCUT2D eigenvalue weighted by atomic mass is 10.1. The Morgan fingerprint density at radius 1 is 1.04 bits per heavy atom. The Hall–Kier alpha value is -3.02. The lowest BCUT2D eigenvalue weighted by molar-refractivity contribution is -0.136. The molecule has 0 saturated heterocycles. The first-order valence-electron chi connectivity index (χ1n) is 8.47. The van der Waals surface area contributed by atoms with Gasteiger partial charge in [0.25, 0.3) is 0 Å². The summed E-state index contributed by atoms with van der Waals surface area (Å²) in [5.41, 5.74) is 1.48. The molecule has 0 aliphatic carbocycles. The van der Waals surface area contributed by atoms with Crippen LogP contribution in [0, 0.1) is 0 Å². The van der Waals surface area contributed by atoms with E-state index >= 15 is 0 Å². The number of benzene rings is 2. The molecule has 0 atom stereocenters. The van der Waals surface area contributed by atoms with Crippen LogP contribution < -0.4 is 20.1 Å². The summed E-state index contributed by atoms with van der Waals surface area (Å²) in [5.74, 6) is -0.129. The first-order chi connectivity index (χ1) is 12.5. The van der Waals surface area contributed by atoms with Crippen LogP contribution in [0.25, 0.3) is 0 Å². The summed E-state index contributed by atoms with van der Waals surface area (Å²) in [6.45, 7) is 4.14. The number of amides is 2. The number of hydrogen-bond acceptors (Lipinski definition) is 4. The van der Waals surface area contributed by atoms with E-state index in [0.717, 1.165) is 11.3 Å². The predicted octanol–water partition coefficient (Wildman–Crippen LogP) is 2.78. The Balaban J connectivity index is 1.87. The molecule has 2 rings (SSSR count). The minimum atomic E-state index is -0.726. The number of ether oxygens (including phenoxy) is 2. The number of anilines is 1. The van der Waals surface area contributed by atoms with Crippen molar-refractivity contribution in [2.75, 3.05) is 19.0 Å². The standard InChI is InChI=1S/C20H24N2O4/c1-14(2)26-18-10-5-4-9-17(18)22-20(24)19(23)21-12-11-15-7-6-8-16(13-15)25-3/h4-10,13-14H,11-12H2,1-3H3,(H,21,23)(H,22,24). The van der Waals surface area contributed by atoms with Crippen LogP contribution in [0.2, 0.25) is 0 Å². The van der Waals surface area contributed by atoms with Crippen LogP contribution in [0.3, 0.4) is 0 Å². The number of nitrogens with one attached hydrogen (secondary N) is 2. The van der Waals surface area contributed by atoms with Crippen LogP contribution in [0.15, 0.2) is 48.5 Å². The van der Waals surface area contributed by atoms with Crippen LogP contribution in [-0.4, -0.2) is 31.6 Å². The molecule has 0 aliphatic rings. The van der Waals surface area contributed by atoms with Crippen molar-refractivity contribution in [3.63, 3.8) is 0 Å². The normalized spacial score (nSPS) is 10.3. The molecule has 2 aromatic rings. The zero-order valence-electron chi connectivity index (χ0n) is 15.2. The molecule has 2 aromatic carbocycles. The maximum Gasteiger partial charge on any atom is 0.313 e. The zero-order chi connectivity index (χ0) is 18.9. The summed E-state index contributed by atoms with van der Waals surface area (Å²) < 4.78 is 10.8. The second kappa shape index (κ2) is 9.46. The first-order valence-corrected chi connectivity index (χ1v) is 8.47. The highest BCUT2D eigenvalue weighted by Gasteiger charge is 2.15. The van der Waals surface area contributed by atoms with E-state index < -0.39 is 11.8 Å². The van der Waals surface area contributed by atoms with E-state index in [1.807, 2.05) is 44.2 Å². The average Bonchev–Trinajstić information content (AvgIpc) is 2.63. The molecule has 138 valence electrons. The Kier molecular flexibility index (Phi) is 7.02. The summed E-state index contributed by atoms with van der Waals surface area (Å²) in [6.07, 6.45) is 0.563. The quantitative estimate of drug-likeness (QED) is 0.748. The third kappa shape index (κ3) is 5.81. The number of methoxy groups -OCH3 is 1. The van der Waals surface area contributed by atoms with Gasteiger partial charge in [0, 0.05) is 6.54 Å². The molecular formula is C20H24N2O4. The SMILES string of the molecule is COc1cccc(CCNC(=O)C(=O)Nc2ccccc2OC(C)C)c1. The van der Waals surface area contributed by atoms with Crippen LogP contribution in [0.1, 0.15) is 19.4 Å². The number of hydrogen-bond donors (Lipinski definition) is 2. The van der Waals surface area contributed by atoms with E-state index in [9.17, 15) is 9.59 Å². The minimum absolute atomic E-state index is 0.0373. The average molecular weight is 356 g/mol. The third-order valence-electron chi connectivity index (χ3n) is 3.54. The van der Waals surface area contributed by atoms with Gasteiger partial charge in [-0.3, -0.25) is 9.59 Å². The maximum atomic E-state index is 12.1. The lowest BCUT2D eigenvalue weighted by Gasteiger charge is -2.14. The number of rotatable bonds is 7. The fourth-order valence-corrected chi connectivity index (χ4v) is 2.33. The molecule has 6 nitrogen and oxygen atoms in total. The Morgan fingerprint density at radius 3 is 2.54 bits per heavy atom. The third-order valence-corrected chi connectivity index (χ3v) is 3.54. The van der Waals surface area contributed by atoms with Gasteiger partial charge in [-0.05, 0) is 50.1 Å². The van der Waals surface area contributed by atoms with E-state index in [-0.39, 0.29) is 6.10 Å². The van der Waals surface area contributed by atoms with Crippen molar-refractivity contribution in [2.45, 2.75) is 26.4 Å². The van der Waals surface area contributed by atoms with Gasteiger partial charge in [0.05, 0.1) is 18.9 Å². The van der Waals surface area contributed by atoms with Crippen LogP contribution >= 0.6 is 0 Å². The van der Waals surface area contributed by atoms with Crippen LogP contribution in [0.4, 0.5) is 5.69 Å². The monoisotopic (exact) mass is 356 g/mol. The highest BCUT2D eigenvalue weighted by Crippen LogP contribution is 2.24. The molecule has 2 N–H and O–H groups in total. The molecule has 26 heavy (non-hydrogen) atoms. The fourth-order valence-electron chi connectivity index (χ4n) is 2.33. The van der Waals surface area contributed by atoms with Crippen molar-refractivity contribution >= 4 is 17.5 Å². The summed E-state index contributed by atoms with van der Waals surface area (Å²) in [6, 6.07) is 14.6. The van der Waals surface area contributed by atoms with Crippen molar-refractivity contribution in [3.8, 4) is 11.5 Å². The number of carbonyl (C=O) groups is 2. The maximum absolute atomic E-state index is 12.1. The van der Waals surface area contributed by atoms with Gasteiger partial charge in [-0.1, -0.05) is 24.3 Å². The summed E-state index contributed by atoms with van der Waals surface area (Å²) in [5, 5.41) is 5.20. The smallest absolute Gasteiger partial charge is 0.313 e. The second-order valence-corrected chi connectivity index (χ2v) is 5.97. The highest BCUT2D eigenvalue weighted by molar-refractivity contribution is 6.39. The van der Waals surface area contributed by atoms with Gasteiger partial charge in [0.15, 0.2) is 0 Å². The predicted molar refractivity (Wildman–Crippen MR) is 101 cm³/mol. The van der Waals surface area contributed by atoms with Gasteiger partial charge in [-0.15, -0.1) is 0 Å². The molecule has 0 spiro atoms. The molecule has 6 heteroatoms. The second-order valence-electron chi connectivity index (χ2n) is 5.97. The van der Waals surface area contributed by atoms with E-state index in [0.29, 0.717) is 24.4 Å². The van der Waals surface area contributed by atoms with Gasteiger partial charge in [0.1, 0.15) is 11.5 Å². The lowest BCUT2D eigenvalue weighted by Crippen LogP contribution is -2.36. The highest BCUT2D eigenvalue weighted by atomic mass is 16.5. The topological polar surface area (TPSA) is 76.7 Å². The van der Waals surface area contributed by atoms with E-state index in [1.165, 1.54) is 0 Å². The van der Waals surface area contributed by atoms with E-state index in [1.54, 1.807) is 25.3 Å². The molecule has 2 amide bonds. The summed E-state index contributed by atoms with van der Waals surface area (Å²) >= 11 is 0. The van der Waals surface area contributed by atoms with E-state index in [2.05, 4.69) is 10.6 Å². The molecule has 0 fully saturated rings. The Morgan fingerprint density at radius 2 is 1.81 bits per heavy atom. The summed E-state index contributed by atoms with van der Waals surface area (Å²) in [7, 11) is 1.60.